The number of nitrogens with zero attached hydrogens (tertiary/aromatic N) is 2. The zero-order chi connectivity index (χ0) is 12.3. The molecule has 0 bridgehead atoms. The highest BCUT2D eigenvalue weighted by molar-refractivity contribution is 5.31. The van der Waals surface area contributed by atoms with Gasteiger partial charge in [-0.15, -0.1) is 5.10 Å². The number of rotatable bonds is 5. The average molecular weight is 232 g/mol. The fraction of sp³-hybridized carbons (Fsp3) is 0.727. The zero-order valence-corrected chi connectivity index (χ0v) is 10.1. The molecule has 0 saturated carbocycles. The number of aromatic nitrogens is 2. The van der Waals surface area contributed by atoms with Gasteiger partial charge in [-0.25, -0.2) is 8.78 Å². The van der Waals surface area contributed by atoms with Gasteiger partial charge in [-0.2, -0.15) is 0 Å². The second-order valence-electron chi connectivity index (χ2n) is 4.40. The summed E-state index contributed by atoms with van der Waals surface area (Å²) in [5, 5.41) is 4.00. The Hall–Kier alpha value is -1.13. The molecule has 0 spiro atoms. The number of alkyl halides is 2. The molecule has 5 heteroatoms. The molecule has 0 fully saturated rings. The van der Waals surface area contributed by atoms with Crippen LogP contribution in [-0.4, -0.2) is 23.3 Å². The number of hydrogen-bond acceptors (Lipinski definition) is 2. The van der Waals surface area contributed by atoms with E-state index in [0.717, 1.165) is 12.0 Å². The molecule has 16 heavy (non-hydrogen) atoms. The molecule has 0 aliphatic rings. The molecule has 0 saturated heterocycles. The van der Waals surface area contributed by atoms with E-state index in [1.165, 1.54) is 11.8 Å². The molecule has 1 aromatic rings. The summed E-state index contributed by atoms with van der Waals surface area (Å²) in [4.78, 5) is 0. The first-order valence-electron chi connectivity index (χ1n) is 5.30. The molecular weight excluding hydrogens is 214 g/mol. The Balaban J connectivity index is 3.04. The second-order valence-corrected chi connectivity index (χ2v) is 4.40. The van der Waals surface area contributed by atoms with E-state index in [2.05, 4.69) is 5.10 Å². The predicted molar refractivity (Wildman–Crippen MR) is 58.1 cm³/mol. The molecule has 0 amide bonds. The van der Waals surface area contributed by atoms with Crippen LogP contribution in [0.1, 0.15) is 32.8 Å². The third-order valence-electron chi connectivity index (χ3n) is 2.86. The van der Waals surface area contributed by atoms with Crippen molar-refractivity contribution in [3.63, 3.8) is 0 Å². The first-order chi connectivity index (χ1) is 7.40. The smallest absolute Gasteiger partial charge is 0.257 e. The van der Waals surface area contributed by atoms with Gasteiger partial charge in [0.1, 0.15) is 6.54 Å². The number of halogens is 2. The number of hydrogen-bond donors (Lipinski definition) is 0. The quantitative estimate of drug-likeness (QED) is 0.780. The van der Waals surface area contributed by atoms with Gasteiger partial charge in [-0.05, 0) is 11.8 Å². The maximum Gasteiger partial charge on any atom is 0.257 e. The molecule has 0 N–H and O–H groups in total. The van der Waals surface area contributed by atoms with E-state index in [1.807, 2.05) is 20.8 Å². The molecule has 0 aliphatic carbocycles. The lowest BCUT2D eigenvalue weighted by atomic mass is 9.84. The van der Waals surface area contributed by atoms with Gasteiger partial charge >= 0.3 is 0 Å². The minimum Gasteiger partial charge on any atom is -0.480 e. The van der Waals surface area contributed by atoms with E-state index < -0.39 is 13.0 Å². The van der Waals surface area contributed by atoms with Crippen LogP contribution in [-0.2, 0) is 12.0 Å². The third kappa shape index (κ3) is 2.71. The Morgan fingerprint density at radius 3 is 2.56 bits per heavy atom. The van der Waals surface area contributed by atoms with Gasteiger partial charge in [0.2, 0.25) is 5.88 Å². The van der Waals surface area contributed by atoms with Crippen molar-refractivity contribution < 1.29 is 13.5 Å². The Kier molecular flexibility index (Phi) is 3.88. The van der Waals surface area contributed by atoms with Gasteiger partial charge in [-0.1, -0.05) is 20.8 Å². The largest absolute Gasteiger partial charge is 0.480 e. The van der Waals surface area contributed by atoms with Gasteiger partial charge in [-0.3, -0.25) is 4.68 Å². The third-order valence-corrected chi connectivity index (χ3v) is 2.86. The topological polar surface area (TPSA) is 27.1 Å². The molecule has 1 rings (SSSR count). The van der Waals surface area contributed by atoms with Gasteiger partial charge in [0.15, 0.2) is 0 Å². The summed E-state index contributed by atoms with van der Waals surface area (Å²) in [6.45, 7) is 5.73. The second kappa shape index (κ2) is 4.80. The van der Waals surface area contributed by atoms with Crippen LogP contribution in [0.15, 0.2) is 6.20 Å². The normalized spacial score (nSPS) is 12.2. The molecule has 0 aromatic carbocycles. The van der Waals surface area contributed by atoms with Crippen LogP contribution < -0.4 is 4.74 Å². The molecule has 0 aliphatic heterocycles. The maximum atomic E-state index is 12.2. The number of ether oxygens (including phenoxy) is 1. The van der Waals surface area contributed by atoms with E-state index in [9.17, 15) is 8.78 Å². The summed E-state index contributed by atoms with van der Waals surface area (Å²) in [7, 11) is 1.50. The molecule has 0 unspecified atom stereocenters. The highest BCUT2D eigenvalue weighted by Gasteiger charge is 2.26. The van der Waals surface area contributed by atoms with Crippen molar-refractivity contribution in [3.05, 3.63) is 11.8 Å². The summed E-state index contributed by atoms with van der Waals surface area (Å²) in [6, 6.07) is 0. The summed E-state index contributed by atoms with van der Waals surface area (Å²) < 4.78 is 30.8. The monoisotopic (exact) mass is 232 g/mol. The van der Waals surface area contributed by atoms with Crippen molar-refractivity contribution in [2.45, 2.75) is 45.6 Å². The molecule has 1 aromatic heterocycles. The lowest BCUT2D eigenvalue weighted by Crippen LogP contribution is -2.15. The van der Waals surface area contributed by atoms with Crippen LogP contribution in [0.4, 0.5) is 8.78 Å². The fourth-order valence-electron chi connectivity index (χ4n) is 1.44. The SMILES string of the molecule is CCC(C)(C)c1cn(CC(F)F)nc1OC. The molecule has 92 valence electrons. The standard InChI is InChI=1S/C11H18F2N2O/c1-5-11(2,3)8-6-15(7-9(12)13)14-10(8)16-4/h6,9H,5,7H2,1-4H3. The van der Waals surface area contributed by atoms with Crippen LogP contribution in [0, 0.1) is 0 Å². The van der Waals surface area contributed by atoms with Crippen LogP contribution in [0.5, 0.6) is 5.88 Å². The molecular formula is C11H18F2N2O. The van der Waals surface area contributed by atoms with E-state index in [1.54, 1.807) is 6.20 Å². The van der Waals surface area contributed by atoms with Crippen molar-refractivity contribution >= 4 is 0 Å². The highest BCUT2D eigenvalue weighted by atomic mass is 19.3. The van der Waals surface area contributed by atoms with Crippen LogP contribution in [0.2, 0.25) is 0 Å². The summed E-state index contributed by atoms with van der Waals surface area (Å²) in [5.41, 5.74) is 0.754. The minimum atomic E-state index is -2.40. The number of methoxy groups -OCH3 is 1. The molecule has 1 heterocycles. The first-order valence-corrected chi connectivity index (χ1v) is 5.30. The predicted octanol–water partition coefficient (Wildman–Crippen LogP) is 2.84. The molecule has 3 nitrogen and oxygen atoms in total. The van der Waals surface area contributed by atoms with Crippen molar-refractivity contribution in [2.75, 3.05) is 7.11 Å². The van der Waals surface area contributed by atoms with Crippen molar-refractivity contribution in [2.24, 2.45) is 0 Å². The van der Waals surface area contributed by atoms with Gasteiger partial charge < -0.3 is 4.74 Å². The van der Waals surface area contributed by atoms with Gasteiger partial charge in [0.25, 0.3) is 6.43 Å². The fourth-order valence-corrected chi connectivity index (χ4v) is 1.44. The Bertz CT molecular complexity index is 348. The van der Waals surface area contributed by atoms with Crippen molar-refractivity contribution in [1.82, 2.24) is 9.78 Å². The lowest BCUT2D eigenvalue weighted by Gasteiger charge is -2.21. The van der Waals surface area contributed by atoms with E-state index >= 15 is 0 Å². The molecule has 0 radical (unpaired) electrons. The van der Waals surface area contributed by atoms with Crippen molar-refractivity contribution in [3.8, 4) is 5.88 Å². The Labute approximate surface area is 94.4 Å². The highest BCUT2D eigenvalue weighted by Crippen LogP contribution is 2.33. The Morgan fingerprint density at radius 1 is 1.50 bits per heavy atom. The van der Waals surface area contributed by atoms with Crippen LogP contribution >= 0.6 is 0 Å². The zero-order valence-electron chi connectivity index (χ0n) is 10.1. The molecule has 0 atom stereocenters. The van der Waals surface area contributed by atoms with Crippen molar-refractivity contribution in [1.29, 1.82) is 0 Å². The van der Waals surface area contributed by atoms with Gasteiger partial charge in [0.05, 0.1) is 7.11 Å². The van der Waals surface area contributed by atoms with E-state index in [0.29, 0.717) is 5.88 Å². The summed E-state index contributed by atoms with van der Waals surface area (Å²) in [6.07, 6.45) is 0.139. The van der Waals surface area contributed by atoms with Crippen LogP contribution in [0.25, 0.3) is 0 Å². The van der Waals surface area contributed by atoms with Crippen LogP contribution in [0.3, 0.4) is 0 Å². The summed E-state index contributed by atoms with van der Waals surface area (Å²) >= 11 is 0. The summed E-state index contributed by atoms with van der Waals surface area (Å²) in [5.74, 6) is 0.438. The van der Waals surface area contributed by atoms with Gasteiger partial charge in [0, 0.05) is 11.8 Å². The first kappa shape index (κ1) is 12.9. The lowest BCUT2D eigenvalue weighted by molar-refractivity contribution is 0.121. The Morgan fingerprint density at radius 2 is 2.12 bits per heavy atom. The van der Waals surface area contributed by atoms with E-state index in [-0.39, 0.29) is 5.41 Å². The average Bonchev–Trinajstić information content (AvgIpc) is 2.60. The van der Waals surface area contributed by atoms with E-state index in [4.69, 9.17) is 4.74 Å². The maximum absolute atomic E-state index is 12.2. The minimum absolute atomic E-state index is 0.119.